The second-order valence-corrected chi connectivity index (χ2v) is 4.18. The van der Waals surface area contributed by atoms with Crippen molar-refractivity contribution >= 4 is 5.69 Å². The molecular formula is C15H16FNO2. The number of benzene rings is 2. The van der Waals surface area contributed by atoms with Gasteiger partial charge in [0.2, 0.25) is 0 Å². The van der Waals surface area contributed by atoms with E-state index < -0.39 is 5.82 Å². The number of rotatable bonds is 5. The predicted molar refractivity (Wildman–Crippen MR) is 72.9 cm³/mol. The van der Waals surface area contributed by atoms with E-state index in [9.17, 15) is 4.39 Å². The van der Waals surface area contributed by atoms with E-state index >= 15 is 0 Å². The van der Waals surface area contributed by atoms with Gasteiger partial charge in [-0.3, -0.25) is 0 Å². The molecule has 4 heteroatoms. The Kier molecular flexibility index (Phi) is 4.36. The van der Waals surface area contributed by atoms with Crippen LogP contribution >= 0.6 is 0 Å². The standard InChI is InChI=1S/C15H16FNO2/c1-18-9-8-11-2-5-13(6-3-11)19-15-7-4-12(17)10-14(15)16/h2-7,10H,8-9,17H2,1H3. The number of ether oxygens (including phenoxy) is 2. The van der Waals surface area contributed by atoms with Crippen molar-refractivity contribution in [3.63, 3.8) is 0 Å². The largest absolute Gasteiger partial charge is 0.454 e. The molecule has 0 saturated heterocycles. The van der Waals surface area contributed by atoms with E-state index in [-0.39, 0.29) is 5.75 Å². The molecule has 19 heavy (non-hydrogen) atoms. The molecule has 0 aliphatic heterocycles. The first kappa shape index (κ1) is 13.4. The molecule has 2 N–H and O–H groups in total. The molecule has 0 aliphatic carbocycles. The van der Waals surface area contributed by atoms with Crippen LogP contribution in [0.1, 0.15) is 5.56 Å². The molecule has 0 radical (unpaired) electrons. The van der Waals surface area contributed by atoms with Gasteiger partial charge in [0, 0.05) is 18.9 Å². The number of hydrogen-bond donors (Lipinski definition) is 1. The number of anilines is 1. The zero-order valence-corrected chi connectivity index (χ0v) is 10.7. The Hall–Kier alpha value is -2.07. The van der Waals surface area contributed by atoms with Crippen LogP contribution in [-0.4, -0.2) is 13.7 Å². The molecule has 0 unspecified atom stereocenters. The zero-order chi connectivity index (χ0) is 13.7. The highest BCUT2D eigenvalue weighted by molar-refractivity contribution is 5.44. The van der Waals surface area contributed by atoms with Gasteiger partial charge in [-0.1, -0.05) is 12.1 Å². The predicted octanol–water partition coefficient (Wildman–Crippen LogP) is 3.39. The van der Waals surface area contributed by atoms with Crippen LogP contribution < -0.4 is 10.5 Å². The van der Waals surface area contributed by atoms with E-state index in [1.165, 1.54) is 12.1 Å². The Morgan fingerprint density at radius 1 is 1.11 bits per heavy atom. The van der Waals surface area contributed by atoms with E-state index in [1.54, 1.807) is 25.3 Å². The fourth-order valence-corrected chi connectivity index (χ4v) is 1.67. The van der Waals surface area contributed by atoms with E-state index in [0.717, 1.165) is 12.0 Å². The van der Waals surface area contributed by atoms with Crippen molar-refractivity contribution in [2.45, 2.75) is 6.42 Å². The summed E-state index contributed by atoms with van der Waals surface area (Å²) in [5, 5.41) is 0. The van der Waals surface area contributed by atoms with Gasteiger partial charge in [0.1, 0.15) is 5.75 Å². The maximum Gasteiger partial charge on any atom is 0.167 e. The number of methoxy groups -OCH3 is 1. The fourth-order valence-electron chi connectivity index (χ4n) is 1.67. The number of nitrogen functional groups attached to an aromatic ring is 1. The van der Waals surface area contributed by atoms with Crippen LogP contribution in [0.3, 0.4) is 0 Å². The SMILES string of the molecule is COCCc1ccc(Oc2ccc(N)cc2F)cc1. The first-order chi connectivity index (χ1) is 9.19. The van der Waals surface area contributed by atoms with Crippen LogP contribution in [0.4, 0.5) is 10.1 Å². The van der Waals surface area contributed by atoms with Crippen LogP contribution in [0.2, 0.25) is 0 Å². The van der Waals surface area contributed by atoms with Crippen LogP contribution in [0.15, 0.2) is 42.5 Å². The molecule has 2 aromatic carbocycles. The molecule has 0 heterocycles. The van der Waals surface area contributed by atoms with Crippen molar-refractivity contribution in [2.75, 3.05) is 19.5 Å². The molecule has 0 spiro atoms. The Morgan fingerprint density at radius 3 is 2.47 bits per heavy atom. The lowest BCUT2D eigenvalue weighted by atomic mass is 10.1. The Morgan fingerprint density at radius 2 is 1.84 bits per heavy atom. The molecule has 0 fully saturated rings. The highest BCUT2D eigenvalue weighted by Crippen LogP contribution is 2.26. The summed E-state index contributed by atoms with van der Waals surface area (Å²) in [6.45, 7) is 0.673. The first-order valence-electron chi connectivity index (χ1n) is 6.00. The average molecular weight is 261 g/mol. The van der Waals surface area contributed by atoms with E-state index in [1.807, 2.05) is 12.1 Å². The number of nitrogens with two attached hydrogens (primary N) is 1. The van der Waals surface area contributed by atoms with E-state index in [2.05, 4.69) is 0 Å². The summed E-state index contributed by atoms with van der Waals surface area (Å²) in [5.41, 5.74) is 7.00. The van der Waals surface area contributed by atoms with Gasteiger partial charge < -0.3 is 15.2 Å². The van der Waals surface area contributed by atoms with Crippen molar-refractivity contribution in [3.05, 3.63) is 53.8 Å². The summed E-state index contributed by atoms with van der Waals surface area (Å²) in [5.74, 6) is 0.284. The summed E-state index contributed by atoms with van der Waals surface area (Å²) >= 11 is 0. The second-order valence-electron chi connectivity index (χ2n) is 4.18. The van der Waals surface area contributed by atoms with Crippen LogP contribution in [-0.2, 0) is 11.2 Å². The minimum absolute atomic E-state index is 0.166. The summed E-state index contributed by atoms with van der Waals surface area (Å²) < 4.78 is 24.0. The van der Waals surface area contributed by atoms with Crippen LogP contribution in [0.5, 0.6) is 11.5 Å². The fraction of sp³-hybridized carbons (Fsp3) is 0.200. The monoisotopic (exact) mass is 261 g/mol. The van der Waals surface area contributed by atoms with Gasteiger partial charge in [-0.2, -0.15) is 0 Å². The van der Waals surface area contributed by atoms with Crippen LogP contribution in [0, 0.1) is 5.82 Å². The number of hydrogen-bond acceptors (Lipinski definition) is 3. The normalized spacial score (nSPS) is 10.4. The number of halogens is 1. The lowest BCUT2D eigenvalue weighted by Gasteiger charge is -2.08. The highest BCUT2D eigenvalue weighted by Gasteiger charge is 2.05. The van der Waals surface area contributed by atoms with Crippen molar-refractivity contribution in [1.82, 2.24) is 0 Å². The third kappa shape index (κ3) is 3.69. The van der Waals surface area contributed by atoms with Gasteiger partial charge in [0.25, 0.3) is 0 Å². The lowest BCUT2D eigenvalue weighted by Crippen LogP contribution is -1.94. The molecule has 0 amide bonds. The summed E-state index contributed by atoms with van der Waals surface area (Å²) in [6, 6.07) is 11.8. The first-order valence-corrected chi connectivity index (χ1v) is 6.00. The molecule has 0 aliphatic rings. The Labute approximate surface area is 111 Å². The molecule has 0 saturated carbocycles. The third-order valence-corrected chi connectivity index (χ3v) is 2.70. The Bertz CT molecular complexity index is 540. The van der Waals surface area contributed by atoms with Gasteiger partial charge in [0.15, 0.2) is 11.6 Å². The van der Waals surface area contributed by atoms with Gasteiger partial charge in [0.05, 0.1) is 6.61 Å². The summed E-state index contributed by atoms with van der Waals surface area (Å²) in [6.07, 6.45) is 0.840. The minimum Gasteiger partial charge on any atom is -0.454 e. The molecule has 100 valence electrons. The van der Waals surface area contributed by atoms with E-state index in [4.69, 9.17) is 15.2 Å². The van der Waals surface area contributed by atoms with Crippen molar-refractivity contribution < 1.29 is 13.9 Å². The van der Waals surface area contributed by atoms with E-state index in [0.29, 0.717) is 18.0 Å². The maximum absolute atomic E-state index is 13.6. The van der Waals surface area contributed by atoms with Crippen molar-refractivity contribution in [3.8, 4) is 11.5 Å². The second kappa shape index (κ2) is 6.20. The molecule has 2 rings (SSSR count). The quantitative estimate of drug-likeness (QED) is 0.839. The molecular weight excluding hydrogens is 245 g/mol. The highest BCUT2D eigenvalue weighted by atomic mass is 19.1. The van der Waals surface area contributed by atoms with Crippen LogP contribution in [0.25, 0.3) is 0 Å². The van der Waals surface area contributed by atoms with Gasteiger partial charge >= 0.3 is 0 Å². The minimum atomic E-state index is -0.469. The van der Waals surface area contributed by atoms with Gasteiger partial charge in [-0.25, -0.2) is 4.39 Å². The average Bonchev–Trinajstić information content (AvgIpc) is 2.41. The third-order valence-electron chi connectivity index (χ3n) is 2.70. The maximum atomic E-state index is 13.6. The molecule has 2 aromatic rings. The molecule has 0 bridgehead atoms. The molecule has 0 aromatic heterocycles. The summed E-state index contributed by atoms with van der Waals surface area (Å²) in [7, 11) is 1.67. The Balaban J connectivity index is 2.06. The zero-order valence-electron chi connectivity index (χ0n) is 10.7. The van der Waals surface area contributed by atoms with Gasteiger partial charge in [-0.05, 0) is 36.2 Å². The molecule has 0 atom stereocenters. The smallest absolute Gasteiger partial charge is 0.167 e. The topological polar surface area (TPSA) is 44.5 Å². The summed E-state index contributed by atoms with van der Waals surface area (Å²) in [4.78, 5) is 0. The van der Waals surface area contributed by atoms with Crippen molar-refractivity contribution in [2.24, 2.45) is 0 Å². The lowest BCUT2D eigenvalue weighted by molar-refractivity contribution is 0.202. The van der Waals surface area contributed by atoms with Gasteiger partial charge in [-0.15, -0.1) is 0 Å². The molecule has 3 nitrogen and oxygen atoms in total. The van der Waals surface area contributed by atoms with Crippen molar-refractivity contribution in [1.29, 1.82) is 0 Å².